The van der Waals surface area contributed by atoms with Crippen molar-refractivity contribution in [2.75, 3.05) is 17.7 Å². The molecule has 162 valence electrons. The van der Waals surface area contributed by atoms with E-state index in [9.17, 15) is 14.0 Å². The van der Waals surface area contributed by atoms with E-state index in [1.54, 1.807) is 18.2 Å². The number of aromatic nitrogens is 1. The minimum absolute atomic E-state index is 0.178. The normalized spacial score (nSPS) is 10.7. The first-order valence-electron chi connectivity index (χ1n) is 10.0. The number of aryl methyl sites for hydroxylation is 1. The molecule has 2 N–H and O–H groups in total. The van der Waals surface area contributed by atoms with E-state index in [1.165, 1.54) is 25.3 Å². The highest BCUT2D eigenvalue weighted by atomic mass is 19.1. The average molecular weight is 431 g/mol. The summed E-state index contributed by atoms with van der Waals surface area (Å²) < 4.78 is 20.7. The molecule has 0 aliphatic heterocycles. The molecular weight excluding hydrogens is 409 g/mol. The zero-order valence-electron chi connectivity index (χ0n) is 17.7. The molecule has 0 spiro atoms. The van der Waals surface area contributed by atoms with Crippen LogP contribution in [0.2, 0.25) is 0 Å². The van der Waals surface area contributed by atoms with Crippen molar-refractivity contribution in [1.29, 1.82) is 0 Å². The molecule has 0 radical (unpaired) electrons. The first kappa shape index (κ1) is 21.1. The molecule has 0 unspecified atom stereocenters. The summed E-state index contributed by atoms with van der Waals surface area (Å²) >= 11 is 0. The van der Waals surface area contributed by atoms with Gasteiger partial charge in [0.1, 0.15) is 11.6 Å². The summed E-state index contributed by atoms with van der Waals surface area (Å²) in [4.78, 5) is 25.2. The molecule has 0 aliphatic rings. The van der Waals surface area contributed by atoms with Gasteiger partial charge in [-0.25, -0.2) is 4.39 Å². The van der Waals surface area contributed by atoms with Crippen molar-refractivity contribution in [2.45, 2.75) is 6.42 Å². The van der Waals surface area contributed by atoms with Crippen LogP contribution in [0.1, 0.15) is 15.9 Å². The average Bonchev–Trinajstić information content (AvgIpc) is 3.09. The van der Waals surface area contributed by atoms with E-state index in [0.29, 0.717) is 17.1 Å². The molecule has 0 aliphatic carbocycles. The molecule has 1 aromatic heterocycles. The molecule has 4 rings (SSSR count). The molecule has 0 atom stereocenters. The third-order valence-corrected chi connectivity index (χ3v) is 5.15. The number of halogens is 1. The molecule has 0 fully saturated rings. The molecule has 2 amide bonds. The summed E-state index contributed by atoms with van der Waals surface area (Å²) in [6, 6.07) is 18.2. The van der Waals surface area contributed by atoms with Crippen molar-refractivity contribution in [2.24, 2.45) is 7.05 Å². The maximum atomic E-state index is 13.4. The van der Waals surface area contributed by atoms with E-state index in [1.807, 2.05) is 42.1 Å². The number of anilines is 2. The first-order chi connectivity index (χ1) is 15.4. The lowest BCUT2D eigenvalue weighted by Gasteiger charge is -2.13. The van der Waals surface area contributed by atoms with Gasteiger partial charge in [-0.3, -0.25) is 9.59 Å². The van der Waals surface area contributed by atoms with E-state index in [4.69, 9.17) is 4.74 Å². The third-order valence-electron chi connectivity index (χ3n) is 5.15. The van der Waals surface area contributed by atoms with E-state index in [-0.39, 0.29) is 17.9 Å². The van der Waals surface area contributed by atoms with Crippen molar-refractivity contribution >= 4 is 34.1 Å². The molecule has 32 heavy (non-hydrogen) atoms. The molecule has 0 saturated heterocycles. The van der Waals surface area contributed by atoms with Crippen molar-refractivity contribution in [3.63, 3.8) is 0 Å². The van der Waals surface area contributed by atoms with Gasteiger partial charge in [0, 0.05) is 35.4 Å². The number of hydrogen-bond donors (Lipinski definition) is 2. The summed E-state index contributed by atoms with van der Waals surface area (Å²) in [5, 5.41) is 6.60. The number of para-hydroxylation sites is 1. The van der Waals surface area contributed by atoms with Crippen molar-refractivity contribution in [1.82, 2.24) is 4.57 Å². The number of carbonyl (C=O) groups excluding carboxylic acids is 2. The van der Waals surface area contributed by atoms with E-state index >= 15 is 0 Å². The largest absolute Gasteiger partial charge is 0.495 e. The Morgan fingerprint density at radius 1 is 1.00 bits per heavy atom. The van der Waals surface area contributed by atoms with Gasteiger partial charge in [-0.2, -0.15) is 0 Å². The number of carbonyl (C=O) groups is 2. The van der Waals surface area contributed by atoms with Crippen LogP contribution in [-0.2, 0) is 18.3 Å². The molecule has 0 saturated carbocycles. The Balaban J connectivity index is 1.51. The second-order valence-electron chi connectivity index (χ2n) is 7.39. The Kier molecular flexibility index (Phi) is 5.89. The highest BCUT2D eigenvalue weighted by Gasteiger charge is 2.14. The lowest BCUT2D eigenvalue weighted by molar-refractivity contribution is -0.115. The molecule has 4 aromatic rings. The van der Waals surface area contributed by atoms with Crippen LogP contribution in [0.25, 0.3) is 10.9 Å². The number of nitrogens with one attached hydrogen (secondary N) is 2. The van der Waals surface area contributed by atoms with Crippen LogP contribution in [0, 0.1) is 5.82 Å². The zero-order chi connectivity index (χ0) is 22.7. The number of hydrogen-bond acceptors (Lipinski definition) is 3. The van der Waals surface area contributed by atoms with E-state index < -0.39 is 11.7 Å². The summed E-state index contributed by atoms with van der Waals surface area (Å²) in [7, 11) is 3.42. The van der Waals surface area contributed by atoms with Crippen LogP contribution in [-0.4, -0.2) is 23.5 Å². The van der Waals surface area contributed by atoms with Gasteiger partial charge in [-0.15, -0.1) is 0 Å². The SMILES string of the molecule is COc1ccc(NC(=O)Cc2cn(C)c3ccccc23)cc1NC(=O)c1cccc(F)c1. The number of benzene rings is 3. The number of nitrogens with zero attached hydrogens (tertiary/aromatic N) is 1. The highest BCUT2D eigenvalue weighted by molar-refractivity contribution is 6.05. The van der Waals surface area contributed by atoms with Gasteiger partial charge in [-0.05, 0) is 48.0 Å². The Morgan fingerprint density at radius 2 is 1.81 bits per heavy atom. The van der Waals surface area contributed by atoms with Gasteiger partial charge >= 0.3 is 0 Å². The van der Waals surface area contributed by atoms with Crippen LogP contribution in [0.5, 0.6) is 5.75 Å². The Labute approximate surface area is 184 Å². The fraction of sp³-hybridized carbons (Fsp3) is 0.120. The summed E-state index contributed by atoms with van der Waals surface area (Å²) in [6.07, 6.45) is 2.15. The Hall–Kier alpha value is -4.13. The smallest absolute Gasteiger partial charge is 0.255 e. The van der Waals surface area contributed by atoms with Crippen LogP contribution in [0.4, 0.5) is 15.8 Å². The van der Waals surface area contributed by atoms with Gasteiger partial charge in [0.05, 0.1) is 19.2 Å². The molecule has 3 aromatic carbocycles. The zero-order valence-corrected chi connectivity index (χ0v) is 17.7. The van der Waals surface area contributed by atoms with Gasteiger partial charge in [0.15, 0.2) is 0 Å². The molecule has 1 heterocycles. The van der Waals surface area contributed by atoms with Crippen molar-refractivity contribution in [3.8, 4) is 5.75 Å². The van der Waals surface area contributed by atoms with E-state index in [0.717, 1.165) is 22.5 Å². The van der Waals surface area contributed by atoms with Crippen LogP contribution >= 0.6 is 0 Å². The lowest BCUT2D eigenvalue weighted by Crippen LogP contribution is -2.16. The molecule has 6 nitrogen and oxygen atoms in total. The summed E-state index contributed by atoms with van der Waals surface area (Å²) in [5.74, 6) is -0.753. The summed E-state index contributed by atoms with van der Waals surface area (Å²) in [6.45, 7) is 0. The summed E-state index contributed by atoms with van der Waals surface area (Å²) in [5.41, 5.74) is 3.03. The predicted octanol–water partition coefficient (Wildman–Crippen LogP) is 4.76. The number of rotatable bonds is 6. The van der Waals surface area contributed by atoms with Crippen LogP contribution in [0.3, 0.4) is 0 Å². The third kappa shape index (κ3) is 4.46. The predicted molar refractivity (Wildman–Crippen MR) is 123 cm³/mol. The highest BCUT2D eigenvalue weighted by Crippen LogP contribution is 2.29. The van der Waals surface area contributed by atoms with Crippen LogP contribution < -0.4 is 15.4 Å². The quantitative estimate of drug-likeness (QED) is 0.462. The number of fused-ring (bicyclic) bond motifs is 1. The second kappa shape index (κ2) is 8.93. The fourth-order valence-corrected chi connectivity index (χ4v) is 3.65. The number of ether oxygens (including phenoxy) is 1. The van der Waals surface area contributed by atoms with Gasteiger partial charge in [0.25, 0.3) is 5.91 Å². The molecule has 7 heteroatoms. The van der Waals surface area contributed by atoms with Gasteiger partial charge in [0.2, 0.25) is 5.91 Å². The molecule has 0 bridgehead atoms. The first-order valence-corrected chi connectivity index (χ1v) is 10.0. The minimum Gasteiger partial charge on any atom is -0.495 e. The van der Waals surface area contributed by atoms with Gasteiger partial charge in [-0.1, -0.05) is 24.3 Å². The van der Waals surface area contributed by atoms with Crippen LogP contribution in [0.15, 0.2) is 72.9 Å². The monoisotopic (exact) mass is 431 g/mol. The topological polar surface area (TPSA) is 72.4 Å². The maximum Gasteiger partial charge on any atom is 0.255 e. The number of methoxy groups -OCH3 is 1. The lowest BCUT2D eigenvalue weighted by atomic mass is 10.1. The standard InChI is InChI=1S/C25H22FN3O3/c1-29-15-17(20-8-3-4-9-22(20)29)13-24(30)27-19-10-11-23(32-2)21(14-19)28-25(31)16-6-5-7-18(26)12-16/h3-12,14-15H,13H2,1-2H3,(H,27,30)(H,28,31). The fourth-order valence-electron chi connectivity index (χ4n) is 3.65. The maximum absolute atomic E-state index is 13.4. The molecular formula is C25H22FN3O3. The second-order valence-corrected chi connectivity index (χ2v) is 7.39. The van der Waals surface area contributed by atoms with Crippen molar-refractivity contribution in [3.05, 3.63) is 89.9 Å². The Bertz CT molecular complexity index is 1310. The van der Waals surface area contributed by atoms with E-state index in [2.05, 4.69) is 10.6 Å². The number of amides is 2. The Morgan fingerprint density at radius 3 is 2.59 bits per heavy atom. The van der Waals surface area contributed by atoms with Crippen molar-refractivity contribution < 1.29 is 18.7 Å². The minimum atomic E-state index is -0.501. The van der Waals surface area contributed by atoms with Gasteiger partial charge < -0.3 is 19.9 Å².